The molecule has 1 saturated heterocycles. The summed E-state index contributed by atoms with van der Waals surface area (Å²) in [6, 6.07) is 16.9. The van der Waals surface area contributed by atoms with Gasteiger partial charge < -0.3 is 20.1 Å². The van der Waals surface area contributed by atoms with Crippen LogP contribution >= 0.6 is 18.9 Å². The average Bonchev–Trinajstić information content (AvgIpc) is 3.25. The Bertz CT molecular complexity index is 1050. The molecule has 1 aromatic heterocycles. The molecule has 4 rings (SSSR count). The predicted molar refractivity (Wildman–Crippen MR) is 117 cm³/mol. The van der Waals surface area contributed by atoms with E-state index in [2.05, 4.69) is 5.32 Å². The lowest BCUT2D eigenvalue weighted by atomic mass is 9.99. The van der Waals surface area contributed by atoms with Gasteiger partial charge in [0.05, 0.1) is 24.6 Å². The summed E-state index contributed by atoms with van der Waals surface area (Å²) in [5.74, 6) is -0.243. The number of nitrogens with two attached hydrogens (primary N) is 1. The average molecular weight is 428 g/mol. The minimum Gasteiger partial charge on any atom is -0.397 e. The first-order chi connectivity index (χ1) is 13.9. The molecule has 8 heteroatoms. The van der Waals surface area contributed by atoms with E-state index in [9.17, 15) is 9.36 Å². The Labute approximate surface area is 173 Å². The van der Waals surface area contributed by atoms with Crippen molar-refractivity contribution in [2.45, 2.75) is 5.92 Å². The molecule has 3 N–H and O–H groups in total. The molecule has 2 aromatic carbocycles. The molecule has 2 heterocycles. The first kappa shape index (κ1) is 19.9. The number of anilines is 2. The summed E-state index contributed by atoms with van der Waals surface area (Å²) in [7, 11) is -2.91. The first-order valence-corrected chi connectivity index (χ1v) is 12.0. The smallest absolute Gasteiger partial charge is 0.327 e. The summed E-state index contributed by atoms with van der Waals surface area (Å²) >= 11 is 1.63. The summed E-state index contributed by atoms with van der Waals surface area (Å²) in [5.41, 5.74) is 9.64. The standard InChI is InChI=1S/C21H21N2O4PS/c1-28(25)26-12-17(13-27-28)14-4-6-15(7-5-14)21(24)23-19-11-16(8-9-18(19)22)20-3-2-10-29-20/h2-11,17H,12-13,22H2,1H3,(H,23,24)/t17-,28-. The van der Waals surface area contributed by atoms with Gasteiger partial charge in [-0.1, -0.05) is 24.3 Å². The van der Waals surface area contributed by atoms with Crippen molar-refractivity contribution in [2.75, 3.05) is 30.9 Å². The van der Waals surface area contributed by atoms with Gasteiger partial charge in [-0.05, 0) is 46.8 Å². The lowest BCUT2D eigenvalue weighted by molar-refractivity contribution is 0.102. The zero-order valence-corrected chi connectivity index (χ0v) is 17.5. The Balaban J connectivity index is 1.47. The van der Waals surface area contributed by atoms with Crippen molar-refractivity contribution in [3.05, 3.63) is 71.1 Å². The Morgan fingerprint density at radius 3 is 2.52 bits per heavy atom. The fraction of sp³-hybridized carbons (Fsp3) is 0.190. The second kappa shape index (κ2) is 8.13. The Morgan fingerprint density at radius 2 is 1.86 bits per heavy atom. The molecule has 3 aromatic rings. The molecular weight excluding hydrogens is 407 g/mol. The van der Waals surface area contributed by atoms with Crippen LogP contribution in [0.15, 0.2) is 60.0 Å². The van der Waals surface area contributed by atoms with Crippen LogP contribution in [0.1, 0.15) is 21.8 Å². The highest BCUT2D eigenvalue weighted by atomic mass is 32.1. The maximum atomic E-state index is 12.7. The van der Waals surface area contributed by atoms with Gasteiger partial charge in [0.2, 0.25) is 0 Å². The summed E-state index contributed by atoms with van der Waals surface area (Å²) in [5, 5.41) is 4.90. The molecule has 0 saturated carbocycles. The molecule has 1 fully saturated rings. The first-order valence-electron chi connectivity index (χ1n) is 9.12. The van der Waals surface area contributed by atoms with E-state index in [-0.39, 0.29) is 11.8 Å². The zero-order chi connectivity index (χ0) is 20.4. The molecule has 0 aliphatic carbocycles. The predicted octanol–water partition coefficient (Wildman–Crippen LogP) is 5.20. The highest BCUT2D eigenvalue weighted by molar-refractivity contribution is 7.53. The van der Waals surface area contributed by atoms with Gasteiger partial charge in [-0.2, -0.15) is 0 Å². The number of carbonyl (C=O) groups excluding carboxylic acids is 1. The Kier molecular flexibility index (Phi) is 5.56. The van der Waals surface area contributed by atoms with Gasteiger partial charge in [0.15, 0.2) is 0 Å². The van der Waals surface area contributed by atoms with Gasteiger partial charge in [0.25, 0.3) is 5.91 Å². The second-order valence-electron chi connectivity index (χ2n) is 6.92. The van der Waals surface area contributed by atoms with Crippen molar-refractivity contribution < 1.29 is 18.4 Å². The number of carbonyl (C=O) groups is 1. The fourth-order valence-corrected chi connectivity index (χ4v) is 4.79. The van der Waals surface area contributed by atoms with Crippen LogP contribution in [0.4, 0.5) is 11.4 Å². The van der Waals surface area contributed by atoms with Gasteiger partial charge in [0, 0.05) is 23.0 Å². The summed E-state index contributed by atoms with van der Waals surface area (Å²) in [6.07, 6.45) is 0. The molecule has 6 nitrogen and oxygen atoms in total. The van der Waals surface area contributed by atoms with E-state index in [0.29, 0.717) is 30.2 Å². The van der Waals surface area contributed by atoms with Gasteiger partial charge in [-0.3, -0.25) is 9.36 Å². The number of hydrogen-bond acceptors (Lipinski definition) is 6. The van der Waals surface area contributed by atoms with Gasteiger partial charge in [0.1, 0.15) is 0 Å². The number of nitrogen functional groups attached to an aromatic ring is 1. The van der Waals surface area contributed by atoms with E-state index in [0.717, 1.165) is 16.0 Å². The molecule has 29 heavy (non-hydrogen) atoms. The summed E-state index contributed by atoms with van der Waals surface area (Å²) < 4.78 is 22.3. The van der Waals surface area contributed by atoms with E-state index in [1.807, 2.05) is 41.8 Å². The normalized spacial score (nSPS) is 21.6. The van der Waals surface area contributed by atoms with E-state index in [4.69, 9.17) is 14.8 Å². The highest BCUT2D eigenvalue weighted by Crippen LogP contribution is 2.49. The number of rotatable bonds is 4. The molecule has 1 aliphatic rings. The van der Waals surface area contributed by atoms with Crippen molar-refractivity contribution in [3.63, 3.8) is 0 Å². The summed E-state index contributed by atoms with van der Waals surface area (Å²) in [4.78, 5) is 13.8. The van der Waals surface area contributed by atoms with Crippen LogP contribution in [0, 0.1) is 0 Å². The molecule has 150 valence electrons. The lowest BCUT2D eigenvalue weighted by Crippen LogP contribution is -2.19. The number of thiophene rings is 1. The van der Waals surface area contributed by atoms with Crippen LogP contribution in [-0.4, -0.2) is 25.8 Å². The van der Waals surface area contributed by atoms with Crippen molar-refractivity contribution in [1.29, 1.82) is 0 Å². The number of nitrogens with one attached hydrogen (secondary N) is 1. The van der Waals surface area contributed by atoms with Crippen LogP contribution in [0.25, 0.3) is 10.4 Å². The molecule has 1 amide bonds. The minimum atomic E-state index is -2.91. The Hall–Kier alpha value is -2.44. The number of amides is 1. The van der Waals surface area contributed by atoms with Gasteiger partial charge in [-0.25, -0.2) is 0 Å². The zero-order valence-electron chi connectivity index (χ0n) is 15.8. The second-order valence-corrected chi connectivity index (χ2v) is 9.92. The quantitative estimate of drug-likeness (QED) is 0.440. The Morgan fingerprint density at radius 1 is 1.14 bits per heavy atom. The van der Waals surface area contributed by atoms with E-state index >= 15 is 0 Å². The number of benzene rings is 2. The van der Waals surface area contributed by atoms with Crippen molar-refractivity contribution in [2.24, 2.45) is 0 Å². The molecule has 0 radical (unpaired) electrons. The minimum absolute atomic E-state index is 0.00717. The monoisotopic (exact) mass is 428 g/mol. The molecule has 0 unspecified atom stereocenters. The van der Waals surface area contributed by atoms with Gasteiger partial charge in [-0.15, -0.1) is 11.3 Å². The van der Waals surface area contributed by atoms with Crippen molar-refractivity contribution in [3.8, 4) is 10.4 Å². The van der Waals surface area contributed by atoms with Crippen molar-refractivity contribution in [1.82, 2.24) is 0 Å². The van der Waals surface area contributed by atoms with Crippen molar-refractivity contribution >= 4 is 36.2 Å². The van der Waals surface area contributed by atoms with Crippen LogP contribution in [0.2, 0.25) is 0 Å². The van der Waals surface area contributed by atoms with Gasteiger partial charge >= 0.3 is 7.60 Å². The lowest BCUT2D eigenvalue weighted by Gasteiger charge is -2.27. The third kappa shape index (κ3) is 4.60. The third-order valence-electron chi connectivity index (χ3n) is 4.77. The SMILES string of the molecule is C[P@]1(=O)OC[C@H](c2ccc(C(=O)Nc3cc(-c4cccs4)ccc3N)cc2)CO1. The molecule has 1 aliphatic heterocycles. The van der Waals surface area contributed by atoms with E-state index in [1.54, 1.807) is 29.5 Å². The maximum Gasteiger partial charge on any atom is 0.327 e. The number of hydrogen-bond donors (Lipinski definition) is 2. The molecule has 0 bridgehead atoms. The fourth-order valence-electron chi connectivity index (χ4n) is 3.09. The van der Waals surface area contributed by atoms with Crippen LogP contribution in [-0.2, 0) is 13.6 Å². The van der Waals surface area contributed by atoms with Crippen LogP contribution < -0.4 is 11.1 Å². The molecule has 0 atom stereocenters. The van der Waals surface area contributed by atoms with E-state index < -0.39 is 7.60 Å². The summed E-state index contributed by atoms with van der Waals surface area (Å²) in [6.45, 7) is 2.15. The largest absolute Gasteiger partial charge is 0.397 e. The topological polar surface area (TPSA) is 90.7 Å². The highest BCUT2D eigenvalue weighted by Gasteiger charge is 2.28. The molecular formula is C21H21N2O4PS. The van der Waals surface area contributed by atoms with Crippen LogP contribution in [0.5, 0.6) is 0 Å². The van der Waals surface area contributed by atoms with E-state index in [1.165, 1.54) is 6.66 Å². The third-order valence-corrected chi connectivity index (χ3v) is 6.93. The maximum absolute atomic E-state index is 12.7. The molecule has 0 spiro atoms. The van der Waals surface area contributed by atoms with Crippen LogP contribution in [0.3, 0.4) is 0 Å².